The lowest BCUT2D eigenvalue weighted by atomic mass is 9.92. The first-order valence-corrected chi connectivity index (χ1v) is 5.72. The van der Waals surface area contributed by atoms with Crippen LogP contribution in [0.2, 0.25) is 0 Å². The van der Waals surface area contributed by atoms with E-state index in [1.165, 1.54) is 12.0 Å². The van der Waals surface area contributed by atoms with Gasteiger partial charge in [0.1, 0.15) is 7.05 Å². The van der Waals surface area contributed by atoms with E-state index in [9.17, 15) is 0 Å². The number of aromatic nitrogens is 1. The number of hydrogen-bond donors (Lipinski definition) is 0. The fraction of sp³-hybridized carbons (Fsp3) is 0.538. The van der Waals surface area contributed by atoms with Crippen LogP contribution in [0.5, 0.6) is 0 Å². The zero-order valence-corrected chi connectivity index (χ0v) is 9.77. The van der Waals surface area contributed by atoms with E-state index in [0.717, 1.165) is 6.42 Å². The summed E-state index contributed by atoms with van der Waals surface area (Å²) in [6, 6.07) is 4.88. The van der Waals surface area contributed by atoms with E-state index in [0.29, 0.717) is 12.0 Å². The number of rotatable bonds is 2. The molecule has 0 N–H and O–H groups in total. The molecule has 2 rings (SSSR count). The highest BCUT2D eigenvalue weighted by Crippen LogP contribution is 2.29. The maximum absolute atomic E-state index is 4.22. The molecule has 0 bridgehead atoms. The molecule has 0 spiro atoms. The normalized spacial score (nSPS) is 26.1. The fourth-order valence-electron chi connectivity index (χ4n) is 2.57. The van der Waals surface area contributed by atoms with Gasteiger partial charge in [-0.05, 0) is 18.6 Å². The summed E-state index contributed by atoms with van der Waals surface area (Å²) in [5.41, 5.74) is 2.92. The van der Waals surface area contributed by atoms with Crippen LogP contribution in [0.25, 0.3) is 0 Å². The Bertz CT molecular complexity index is 367. The Morgan fingerprint density at radius 1 is 1.53 bits per heavy atom. The molecule has 80 valence electrons. The van der Waals surface area contributed by atoms with Crippen LogP contribution in [0.4, 0.5) is 0 Å². The van der Waals surface area contributed by atoms with Crippen molar-refractivity contribution in [3.8, 4) is 0 Å². The second kappa shape index (κ2) is 4.13. The second-order valence-electron chi connectivity index (χ2n) is 4.38. The number of nitrogens with zero attached hydrogens (tertiary/aromatic N) is 2. The van der Waals surface area contributed by atoms with E-state index in [1.807, 2.05) is 18.5 Å². The number of pyridine rings is 1. The molecule has 1 aliphatic rings. The van der Waals surface area contributed by atoms with Crippen LogP contribution in [0.15, 0.2) is 24.5 Å². The van der Waals surface area contributed by atoms with Gasteiger partial charge in [-0.15, -0.1) is 0 Å². The van der Waals surface area contributed by atoms with Crippen LogP contribution < -0.4 is 0 Å². The number of hydrogen-bond acceptors (Lipinski definition) is 1. The first-order valence-electron chi connectivity index (χ1n) is 5.72. The molecule has 0 radical (unpaired) electrons. The molecular weight excluding hydrogens is 184 g/mol. The summed E-state index contributed by atoms with van der Waals surface area (Å²) in [6.45, 7) is 4.54. The average Bonchev–Trinajstić information content (AvgIpc) is 2.56. The van der Waals surface area contributed by atoms with Crippen LogP contribution in [0.1, 0.15) is 38.2 Å². The Kier molecular flexibility index (Phi) is 2.85. The van der Waals surface area contributed by atoms with Crippen molar-refractivity contribution in [3.05, 3.63) is 30.1 Å². The quantitative estimate of drug-likeness (QED) is 0.674. The third-order valence-electron chi connectivity index (χ3n) is 3.54. The SMILES string of the molecule is CCC1=[N+](C)[C@@H](C)C[C@@H]1c1cccnc1. The van der Waals surface area contributed by atoms with Crippen LogP contribution in [-0.4, -0.2) is 28.4 Å². The topological polar surface area (TPSA) is 15.9 Å². The summed E-state index contributed by atoms with van der Waals surface area (Å²) in [5.74, 6) is 0.587. The molecule has 15 heavy (non-hydrogen) atoms. The summed E-state index contributed by atoms with van der Waals surface area (Å²) in [4.78, 5) is 4.22. The molecular formula is C13H19N2+. The van der Waals surface area contributed by atoms with Crippen LogP contribution in [-0.2, 0) is 0 Å². The van der Waals surface area contributed by atoms with Gasteiger partial charge in [0.25, 0.3) is 0 Å². The van der Waals surface area contributed by atoms with Gasteiger partial charge in [0.15, 0.2) is 11.8 Å². The van der Waals surface area contributed by atoms with Crippen molar-refractivity contribution in [3.63, 3.8) is 0 Å². The molecule has 0 aliphatic carbocycles. The van der Waals surface area contributed by atoms with Crippen molar-refractivity contribution in [2.24, 2.45) is 0 Å². The molecule has 1 aromatic rings. The predicted molar refractivity (Wildman–Crippen MR) is 62.5 cm³/mol. The molecule has 0 fully saturated rings. The molecule has 2 nitrogen and oxygen atoms in total. The van der Waals surface area contributed by atoms with Crippen molar-refractivity contribution < 1.29 is 4.58 Å². The first kappa shape index (κ1) is 10.3. The average molecular weight is 203 g/mol. The summed E-state index contributed by atoms with van der Waals surface area (Å²) >= 11 is 0. The lowest BCUT2D eigenvalue weighted by Crippen LogP contribution is -2.17. The Morgan fingerprint density at radius 3 is 2.93 bits per heavy atom. The standard InChI is InChI=1S/C13H19N2/c1-4-13-12(8-10(2)15(13)3)11-6-5-7-14-9-11/h5-7,9-10,12H,4,8H2,1-3H3/q+1/t10-,12+/m0/s1. The van der Waals surface area contributed by atoms with Gasteiger partial charge in [0, 0.05) is 25.2 Å². The van der Waals surface area contributed by atoms with Gasteiger partial charge in [0.2, 0.25) is 0 Å². The molecule has 2 atom stereocenters. The molecule has 0 saturated heterocycles. The summed E-state index contributed by atoms with van der Waals surface area (Å²) in [7, 11) is 2.21. The first-order chi connectivity index (χ1) is 7.24. The fourth-order valence-corrected chi connectivity index (χ4v) is 2.57. The largest absolute Gasteiger partial charge is 0.264 e. The van der Waals surface area contributed by atoms with E-state index in [2.05, 4.69) is 36.5 Å². The van der Waals surface area contributed by atoms with Gasteiger partial charge >= 0.3 is 0 Å². The van der Waals surface area contributed by atoms with Crippen molar-refractivity contribution >= 4 is 5.71 Å². The van der Waals surface area contributed by atoms with E-state index in [4.69, 9.17) is 0 Å². The maximum atomic E-state index is 4.22. The highest BCUT2D eigenvalue weighted by molar-refractivity contribution is 5.87. The van der Waals surface area contributed by atoms with E-state index >= 15 is 0 Å². The minimum absolute atomic E-state index is 0.587. The second-order valence-corrected chi connectivity index (χ2v) is 4.38. The van der Waals surface area contributed by atoms with Crippen molar-refractivity contribution in [2.75, 3.05) is 7.05 Å². The minimum atomic E-state index is 0.587. The molecule has 2 heteroatoms. The molecule has 0 aromatic carbocycles. The summed E-state index contributed by atoms with van der Waals surface area (Å²) < 4.78 is 2.43. The summed E-state index contributed by atoms with van der Waals surface area (Å²) in [6.07, 6.45) is 6.22. The lowest BCUT2D eigenvalue weighted by Gasteiger charge is -2.07. The van der Waals surface area contributed by atoms with Gasteiger partial charge < -0.3 is 0 Å². The van der Waals surface area contributed by atoms with E-state index in [-0.39, 0.29) is 0 Å². The third kappa shape index (κ3) is 1.81. The molecule has 1 aromatic heterocycles. The maximum Gasteiger partial charge on any atom is 0.159 e. The third-order valence-corrected chi connectivity index (χ3v) is 3.54. The van der Waals surface area contributed by atoms with E-state index < -0.39 is 0 Å². The van der Waals surface area contributed by atoms with Crippen LogP contribution in [0, 0.1) is 0 Å². The van der Waals surface area contributed by atoms with Crippen molar-refractivity contribution in [1.29, 1.82) is 0 Å². The summed E-state index contributed by atoms with van der Waals surface area (Å²) in [5, 5.41) is 0. The highest BCUT2D eigenvalue weighted by Gasteiger charge is 2.35. The van der Waals surface area contributed by atoms with Gasteiger partial charge in [-0.1, -0.05) is 13.0 Å². The Labute approximate surface area is 91.7 Å². The Morgan fingerprint density at radius 2 is 2.33 bits per heavy atom. The molecule has 0 saturated carbocycles. The monoisotopic (exact) mass is 203 g/mol. The predicted octanol–water partition coefficient (Wildman–Crippen LogP) is 2.45. The van der Waals surface area contributed by atoms with Crippen LogP contribution in [0.3, 0.4) is 0 Å². The smallest absolute Gasteiger partial charge is 0.159 e. The zero-order chi connectivity index (χ0) is 10.8. The molecule has 0 amide bonds. The highest BCUT2D eigenvalue weighted by atomic mass is 15.0. The lowest BCUT2D eigenvalue weighted by molar-refractivity contribution is -0.526. The van der Waals surface area contributed by atoms with Crippen molar-refractivity contribution in [2.45, 2.75) is 38.6 Å². The van der Waals surface area contributed by atoms with E-state index in [1.54, 1.807) is 5.71 Å². The molecule has 1 aliphatic heterocycles. The minimum Gasteiger partial charge on any atom is -0.264 e. The zero-order valence-electron chi connectivity index (χ0n) is 9.77. The van der Waals surface area contributed by atoms with Gasteiger partial charge in [-0.25, -0.2) is 4.58 Å². The molecule has 2 heterocycles. The van der Waals surface area contributed by atoms with Crippen LogP contribution >= 0.6 is 0 Å². The van der Waals surface area contributed by atoms with Crippen molar-refractivity contribution in [1.82, 2.24) is 4.98 Å². The Hall–Kier alpha value is -1.18. The van der Waals surface area contributed by atoms with Gasteiger partial charge in [-0.3, -0.25) is 4.98 Å². The van der Waals surface area contributed by atoms with Gasteiger partial charge in [0.05, 0.1) is 5.92 Å². The molecule has 0 unspecified atom stereocenters. The Balaban J connectivity index is 2.33. The van der Waals surface area contributed by atoms with Gasteiger partial charge in [-0.2, -0.15) is 0 Å².